The van der Waals surface area contributed by atoms with Crippen molar-refractivity contribution in [1.29, 1.82) is 0 Å². The number of amides is 1. The van der Waals surface area contributed by atoms with Crippen LogP contribution in [0.1, 0.15) is 12.0 Å². The summed E-state index contributed by atoms with van der Waals surface area (Å²) in [6.07, 6.45) is 1.08. The molecule has 2 heterocycles. The molecule has 1 aliphatic rings. The van der Waals surface area contributed by atoms with Gasteiger partial charge in [-0.25, -0.2) is 0 Å². The second kappa shape index (κ2) is 8.55. The largest absolute Gasteiger partial charge is 0.342 e. The maximum atomic E-state index is 12.2. The lowest BCUT2D eigenvalue weighted by molar-refractivity contribution is -0.131. The molecule has 0 aliphatic carbocycles. The van der Waals surface area contributed by atoms with Crippen molar-refractivity contribution in [3.8, 4) is 11.4 Å². The molecule has 0 unspecified atom stereocenters. The van der Waals surface area contributed by atoms with Gasteiger partial charge in [-0.2, -0.15) is 0 Å². The Morgan fingerprint density at radius 3 is 2.54 bits per heavy atom. The number of aromatic nitrogens is 3. The van der Waals surface area contributed by atoms with Gasteiger partial charge in [0.05, 0.1) is 17.3 Å². The highest BCUT2D eigenvalue weighted by Crippen LogP contribution is 2.32. The quantitative estimate of drug-likeness (QED) is 0.533. The third-order valence-corrected chi connectivity index (χ3v) is 6.11. The minimum atomic E-state index is 0.136. The molecule has 8 heteroatoms. The van der Waals surface area contributed by atoms with Crippen LogP contribution in [0.15, 0.2) is 53.7 Å². The van der Waals surface area contributed by atoms with Crippen LogP contribution in [-0.4, -0.2) is 44.4 Å². The maximum absolute atomic E-state index is 12.2. The predicted octanol–water partition coefficient (Wildman–Crippen LogP) is 4.62. The first kappa shape index (κ1) is 19.3. The zero-order chi connectivity index (χ0) is 19.5. The van der Waals surface area contributed by atoms with Crippen molar-refractivity contribution in [2.75, 3.05) is 18.8 Å². The number of benzene rings is 2. The summed E-state index contributed by atoms with van der Waals surface area (Å²) in [5, 5.41) is 10.5. The molecule has 1 aromatic heterocycles. The van der Waals surface area contributed by atoms with Gasteiger partial charge in [0.25, 0.3) is 0 Å². The van der Waals surface area contributed by atoms with Crippen LogP contribution in [0.5, 0.6) is 0 Å². The number of carbonyl (C=O) groups is 1. The molecule has 1 fully saturated rings. The van der Waals surface area contributed by atoms with E-state index in [2.05, 4.69) is 10.2 Å². The average Bonchev–Trinajstić information content (AvgIpc) is 3.02. The Morgan fingerprint density at radius 2 is 1.86 bits per heavy atom. The van der Waals surface area contributed by atoms with Gasteiger partial charge in [0.2, 0.25) is 5.91 Å². The van der Waals surface area contributed by atoms with E-state index in [0.29, 0.717) is 33.3 Å². The lowest BCUT2D eigenvalue weighted by Gasteiger charge is -2.30. The minimum absolute atomic E-state index is 0.136. The van der Waals surface area contributed by atoms with E-state index in [1.54, 1.807) is 12.1 Å². The lowest BCUT2D eigenvalue weighted by atomic mass is 10.2. The van der Waals surface area contributed by atoms with E-state index in [1.165, 1.54) is 11.8 Å². The predicted molar refractivity (Wildman–Crippen MR) is 113 cm³/mol. The second-order valence-corrected chi connectivity index (χ2v) is 8.31. The highest BCUT2D eigenvalue weighted by Gasteiger charge is 2.22. The summed E-state index contributed by atoms with van der Waals surface area (Å²) in [5.41, 5.74) is 1.87. The fraction of sp³-hybridized carbons (Fsp3) is 0.250. The van der Waals surface area contributed by atoms with Gasteiger partial charge in [0.1, 0.15) is 0 Å². The van der Waals surface area contributed by atoms with Crippen LogP contribution in [0.3, 0.4) is 0 Å². The topological polar surface area (TPSA) is 51.0 Å². The highest BCUT2D eigenvalue weighted by molar-refractivity contribution is 7.99. The number of likely N-dealkylation sites (tertiary alicyclic amines) is 1. The Hall–Kier alpha value is -2.02. The van der Waals surface area contributed by atoms with Gasteiger partial charge in [0, 0.05) is 23.7 Å². The third-order valence-electron chi connectivity index (χ3n) is 4.61. The van der Waals surface area contributed by atoms with Gasteiger partial charge in [0.15, 0.2) is 11.0 Å². The number of hydrogen-bond acceptors (Lipinski definition) is 4. The summed E-state index contributed by atoms with van der Waals surface area (Å²) in [7, 11) is 0. The van der Waals surface area contributed by atoms with E-state index >= 15 is 0 Å². The number of hydrogen-bond donors (Lipinski definition) is 0. The standard InChI is InChI=1S/C20H18Cl2N4OS/c21-15-7-8-16(17(22)11-15)19-23-24-20(28-13-18(27)25-9-4-10-25)26(19)12-14-5-2-1-3-6-14/h1-3,5-8,11H,4,9-10,12-13H2. The molecule has 0 saturated carbocycles. The van der Waals surface area contributed by atoms with Gasteiger partial charge < -0.3 is 4.90 Å². The van der Waals surface area contributed by atoms with E-state index in [0.717, 1.165) is 30.6 Å². The SMILES string of the molecule is O=C(CSc1nnc(-c2ccc(Cl)cc2Cl)n1Cc1ccccc1)N1CCC1. The fourth-order valence-corrected chi connectivity index (χ4v) is 4.29. The van der Waals surface area contributed by atoms with Crippen LogP contribution < -0.4 is 0 Å². The molecule has 1 saturated heterocycles. The summed E-state index contributed by atoms with van der Waals surface area (Å²) >= 11 is 13.9. The number of halogens is 2. The lowest BCUT2D eigenvalue weighted by Crippen LogP contribution is -2.43. The van der Waals surface area contributed by atoms with E-state index < -0.39 is 0 Å². The summed E-state index contributed by atoms with van der Waals surface area (Å²) < 4.78 is 2.00. The Morgan fingerprint density at radius 1 is 1.07 bits per heavy atom. The Bertz CT molecular complexity index is 989. The molecule has 2 aromatic carbocycles. The zero-order valence-corrected chi connectivity index (χ0v) is 17.3. The van der Waals surface area contributed by atoms with E-state index in [-0.39, 0.29) is 5.91 Å². The molecule has 0 bridgehead atoms. The van der Waals surface area contributed by atoms with E-state index in [4.69, 9.17) is 23.2 Å². The first-order chi connectivity index (χ1) is 13.6. The minimum Gasteiger partial charge on any atom is -0.342 e. The van der Waals surface area contributed by atoms with Crippen LogP contribution >= 0.6 is 35.0 Å². The molecule has 0 radical (unpaired) electrons. The first-order valence-corrected chi connectivity index (χ1v) is 10.7. The van der Waals surface area contributed by atoms with Gasteiger partial charge in [-0.05, 0) is 30.2 Å². The van der Waals surface area contributed by atoms with Gasteiger partial charge in [-0.1, -0.05) is 65.3 Å². The summed E-state index contributed by atoms with van der Waals surface area (Å²) in [4.78, 5) is 14.1. The second-order valence-electron chi connectivity index (χ2n) is 6.53. The molecule has 0 N–H and O–H groups in total. The molecule has 144 valence electrons. The van der Waals surface area contributed by atoms with Crippen molar-refractivity contribution in [2.45, 2.75) is 18.1 Å². The average molecular weight is 433 g/mol. The Balaban J connectivity index is 1.65. The Kier molecular flexibility index (Phi) is 5.90. The molecular weight excluding hydrogens is 415 g/mol. The number of nitrogens with zero attached hydrogens (tertiary/aromatic N) is 4. The molecular formula is C20H18Cl2N4OS. The van der Waals surface area contributed by atoms with Gasteiger partial charge in [-0.15, -0.1) is 10.2 Å². The van der Waals surface area contributed by atoms with Gasteiger partial charge >= 0.3 is 0 Å². The summed E-state index contributed by atoms with van der Waals surface area (Å²) in [5.74, 6) is 1.14. The molecule has 3 aromatic rings. The summed E-state index contributed by atoms with van der Waals surface area (Å²) in [6.45, 7) is 2.28. The Labute approximate surface area is 177 Å². The molecule has 1 aliphatic heterocycles. The van der Waals surface area contributed by atoms with Crippen molar-refractivity contribution >= 4 is 40.9 Å². The van der Waals surface area contributed by atoms with Crippen LogP contribution in [0.4, 0.5) is 0 Å². The molecule has 0 spiro atoms. The first-order valence-electron chi connectivity index (χ1n) is 8.95. The normalized spacial score (nSPS) is 13.4. The van der Waals surface area contributed by atoms with Crippen molar-refractivity contribution < 1.29 is 4.79 Å². The van der Waals surface area contributed by atoms with Gasteiger partial charge in [-0.3, -0.25) is 9.36 Å². The third kappa shape index (κ3) is 4.19. The highest BCUT2D eigenvalue weighted by atomic mass is 35.5. The number of carbonyl (C=O) groups excluding carboxylic acids is 1. The van der Waals surface area contributed by atoms with Crippen molar-refractivity contribution in [1.82, 2.24) is 19.7 Å². The molecule has 0 atom stereocenters. The van der Waals surface area contributed by atoms with E-state index in [1.807, 2.05) is 45.9 Å². The van der Waals surface area contributed by atoms with Crippen LogP contribution in [0.2, 0.25) is 10.0 Å². The zero-order valence-electron chi connectivity index (χ0n) is 15.0. The van der Waals surface area contributed by atoms with Crippen molar-refractivity contribution in [3.05, 3.63) is 64.1 Å². The number of thioether (sulfide) groups is 1. The molecule has 1 amide bonds. The van der Waals surface area contributed by atoms with Crippen LogP contribution in [0.25, 0.3) is 11.4 Å². The van der Waals surface area contributed by atoms with Crippen molar-refractivity contribution in [2.24, 2.45) is 0 Å². The molecule has 5 nitrogen and oxygen atoms in total. The molecule has 28 heavy (non-hydrogen) atoms. The molecule has 4 rings (SSSR count). The monoisotopic (exact) mass is 432 g/mol. The van der Waals surface area contributed by atoms with Crippen molar-refractivity contribution in [3.63, 3.8) is 0 Å². The van der Waals surface area contributed by atoms with Crippen LogP contribution in [-0.2, 0) is 11.3 Å². The van der Waals surface area contributed by atoms with E-state index in [9.17, 15) is 4.79 Å². The summed E-state index contributed by atoms with van der Waals surface area (Å²) in [6, 6.07) is 15.4. The maximum Gasteiger partial charge on any atom is 0.233 e. The number of rotatable bonds is 6. The fourth-order valence-electron chi connectivity index (χ4n) is 2.96. The smallest absolute Gasteiger partial charge is 0.233 e. The van der Waals surface area contributed by atoms with Crippen LogP contribution in [0, 0.1) is 0 Å².